The highest BCUT2D eigenvalue weighted by atomic mass is 16.5. The molecule has 0 unspecified atom stereocenters. The fraction of sp³-hybridized carbons (Fsp3) is 0.278. The Bertz CT molecular complexity index is 1130. The fourth-order valence-electron chi connectivity index (χ4n) is 3.15. The number of hydrogen-bond donors (Lipinski definition) is 0. The quantitative estimate of drug-likeness (QED) is 0.494. The lowest BCUT2D eigenvalue weighted by molar-refractivity contribution is -0.139. The smallest absolute Gasteiger partial charge is 0.311 e. The van der Waals surface area contributed by atoms with Crippen LogP contribution in [0.4, 0.5) is 0 Å². The number of aromatic nitrogens is 6. The number of methoxy groups -OCH3 is 2. The SMILES string of the molecule is COCc1nn2c(nnc3c(CC(=O)OC)nn(C)c32)c1-c1ccccc1. The third-order valence-electron chi connectivity index (χ3n) is 4.32. The van der Waals surface area contributed by atoms with E-state index in [1.165, 1.54) is 7.11 Å². The Morgan fingerprint density at radius 2 is 1.85 bits per heavy atom. The Kier molecular flexibility index (Phi) is 4.28. The van der Waals surface area contributed by atoms with E-state index in [-0.39, 0.29) is 12.4 Å². The first kappa shape index (κ1) is 17.1. The largest absolute Gasteiger partial charge is 0.469 e. The predicted octanol–water partition coefficient (Wildman–Crippen LogP) is 1.54. The van der Waals surface area contributed by atoms with Gasteiger partial charge in [-0.25, -0.2) is 4.68 Å². The molecule has 0 aliphatic heterocycles. The van der Waals surface area contributed by atoms with Crippen LogP contribution < -0.4 is 0 Å². The van der Waals surface area contributed by atoms with Gasteiger partial charge in [0.05, 0.1) is 31.4 Å². The maximum absolute atomic E-state index is 11.7. The van der Waals surface area contributed by atoms with Crippen LogP contribution in [0.3, 0.4) is 0 Å². The molecule has 27 heavy (non-hydrogen) atoms. The first-order valence-corrected chi connectivity index (χ1v) is 8.35. The topological polar surface area (TPSA) is 96.4 Å². The fourth-order valence-corrected chi connectivity index (χ4v) is 3.15. The van der Waals surface area contributed by atoms with Gasteiger partial charge in [0.25, 0.3) is 0 Å². The van der Waals surface area contributed by atoms with Crippen LogP contribution in [0.15, 0.2) is 30.3 Å². The van der Waals surface area contributed by atoms with Crippen molar-refractivity contribution in [3.05, 3.63) is 41.7 Å². The molecule has 9 heteroatoms. The van der Waals surface area contributed by atoms with Gasteiger partial charge in [0.1, 0.15) is 5.69 Å². The van der Waals surface area contributed by atoms with Crippen molar-refractivity contribution < 1.29 is 14.3 Å². The maximum atomic E-state index is 11.7. The Balaban J connectivity index is 1.99. The summed E-state index contributed by atoms with van der Waals surface area (Å²) in [5, 5.41) is 17.8. The zero-order valence-corrected chi connectivity index (χ0v) is 15.2. The second-order valence-electron chi connectivity index (χ2n) is 6.05. The summed E-state index contributed by atoms with van der Waals surface area (Å²) in [6, 6.07) is 9.86. The highest BCUT2D eigenvalue weighted by Gasteiger charge is 2.22. The number of rotatable bonds is 5. The van der Waals surface area contributed by atoms with Gasteiger partial charge in [-0.2, -0.15) is 14.7 Å². The summed E-state index contributed by atoms with van der Waals surface area (Å²) < 4.78 is 13.4. The number of aryl methyl sites for hydroxylation is 1. The molecular formula is C18H18N6O3. The number of carbonyl (C=O) groups is 1. The molecule has 0 atom stereocenters. The second kappa shape index (κ2) is 6.76. The predicted molar refractivity (Wildman–Crippen MR) is 96.9 cm³/mol. The number of hydrogen-bond acceptors (Lipinski definition) is 7. The van der Waals surface area contributed by atoms with Gasteiger partial charge in [-0.1, -0.05) is 30.3 Å². The molecule has 4 rings (SSSR count). The summed E-state index contributed by atoms with van der Waals surface area (Å²) in [5.41, 5.74) is 4.86. The zero-order valence-electron chi connectivity index (χ0n) is 15.2. The van der Waals surface area contributed by atoms with Crippen LogP contribution in [-0.2, 0) is 34.3 Å². The first-order valence-electron chi connectivity index (χ1n) is 8.35. The third-order valence-corrected chi connectivity index (χ3v) is 4.32. The number of ether oxygens (including phenoxy) is 2. The Morgan fingerprint density at radius 1 is 1.07 bits per heavy atom. The molecule has 4 aromatic rings. The summed E-state index contributed by atoms with van der Waals surface area (Å²) in [5.74, 6) is -0.387. The molecule has 1 aromatic carbocycles. The van der Waals surface area contributed by atoms with E-state index in [0.29, 0.717) is 29.1 Å². The van der Waals surface area contributed by atoms with Crippen molar-refractivity contribution in [2.24, 2.45) is 7.05 Å². The van der Waals surface area contributed by atoms with Crippen molar-refractivity contribution in [3.63, 3.8) is 0 Å². The summed E-state index contributed by atoms with van der Waals surface area (Å²) in [6.07, 6.45) is 0.0196. The molecule has 0 saturated carbocycles. The molecule has 0 bridgehead atoms. The number of nitrogens with zero attached hydrogens (tertiary/aromatic N) is 6. The monoisotopic (exact) mass is 366 g/mol. The van der Waals surface area contributed by atoms with Gasteiger partial charge in [0, 0.05) is 14.2 Å². The summed E-state index contributed by atoms with van der Waals surface area (Å²) >= 11 is 0. The van der Waals surface area contributed by atoms with E-state index in [1.54, 1.807) is 23.4 Å². The van der Waals surface area contributed by atoms with E-state index in [9.17, 15) is 4.79 Å². The van der Waals surface area contributed by atoms with E-state index in [0.717, 1.165) is 16.8 Å². The van der Waals surface area contributed by atoms with E-state index in [1.807, 2.05) is 30.3 Å². The Labute approximate surface area is 154 Å². The van der Waals surface area contributed by atoms with Crippen LogP contribution >= 0.6 is 0 Å². The lowest BCUT2D eigenvalue weighted by Crippen LogP contribution is -2.06. The normalized spacial score (nSPS) is 11.4. The Morgan fingerprint density at radius 3 is 2.56 bits per heavy atom. The summed E-state index contributed by atoms with van der Waals surface area (Å²) in [6.45, 7) is 0.335. The maximum Gasteiger partial charge on any atom is 0.311 e. The molecule has 9 nitrogen and oxygen atoms in total. The number of esters is 1. The minimum absolute atomic E-state index is 0.0196. The van der Waals surface area contributed by atoms with E-state index >= 15 is 0 Å². The van der Waals surface area contributed by atoms with Gasteiger partial charge >= 0.3 is 5.97 Å². The molecule has 0 aliphatic carbocycles. The number of benzene rings is 1. The van der Waals surface area contributed by atoms with Gasteiger partial charge < -0.3 is 9.47 Å². The van der Waals surface area contributed by atoms with Crippen molar-refractivity contribution in [1.82, 2.24) is 29.6 Å². The van der Waals surface area contributed by atoms with Gasteiger partial charge in [-0.05, 0) is 5.56 Å². The zero-order chi connectivity index (χ0) is 19.0. The summed E-state index contributed by atoms with van der Waals surface area (Å²) in [4.78, 5) is 11.7. The standard InChI is InChI=1S/C18H18N6O3/c1-23-18-16(12(21-23)9-14(25)27-3)19-20-17-15(11-7-5-4-6-8-11)13(10-26-2)22-24(17)18/h4-8H,9-10H2,1-3H3. The van der Waals surface area contributed by atoms with E-state index < -0.39 is 0 Å². The molecule has 0 saturated heterocycles. The lowest BCUT2D eigenvalue weighted by atomic mass is 10.1. The average Bonchev–Trinajstić information content (AvgIpc) is 3.20. The van der Waals surface area contributed by atoms with Crippen LogP contribution in [0.25, 0.3) is 27.9 Å². The van der Waals surface area contributed by atoms with E-state index in [4.69, 9.17) is 14.6 Å². The van der Waals surface area contributed by atoms with Crippen molar-refractivity contribution in [2.75, 3.05) is 14.2 Å². The van der Waals surface area contributed by atoms with Crippen molar-refractivity contribution in [3.8, 4) is 11.1 Å². The molecule has 0 aliphatic rings. The molecular weight excluding hydrogens is 348 g/mol. The molecule has 3 heterocycles. The highest BCUT2D eigenvalue weighted by Crippen LogP contribution is 2.29. The molecule has 0 amide bonds. The van der Waals surface area contributed by atoms with Gasteiger partial charge in [0.2, 0.25) is 0 Å². The minimum atomic E-state index is -0.387. The van der Waals surface area contributed by atoms with Crippen LogP contribution in [0.5, 0.6) is 0 Å². The van der Waals surface area contributed by atoms with Gasteiger partial charge in [-0.15, -0.1) is 10.2 Å². The second-order valence-corrected chi connectivity index (χ2v) is 6.05. The van der Waals surface area contributed by atoms with Crippen LogP contribution in [0.2, 0.25) is 0 Å². The molecule has 138 valence electrons. The van der Waals surface area contributed by atoms with Crippen LogP contribution in [0.1, 0.15) is 11.4 Å². The molecule has 0 spiro atoms. The molecule has 3 aromatic heterocycles. The van der Waals surface area contributed by atoms with Crippen molar-refractivity contribution in [1.29, 1.82) is 0 Å². The average molecular weight is 366 g/mol. The third kappa shape index (κ3) is 2.81. The highest BCUT2D eigenvalue weighted by molar-refractivity contribution is 5.86. The summed E-state index contributed by atoms with van der Waals surface area (Å²) in [7, 11) is 4.75. The van der Waals surface area contributed by atoms with Gasteiger partial charge in [0.15, 0.2) is 16.8 Å². The van der Waals surface area contributed by atoms with Crippen LogP contribution in [-0.4, -0.2) is 49.8 Å². The van der Waals surface area contributed by atoms with Crippen LogP contribution in [0, 0.1) is 0 Å². The Hall–Kier alpha value is -3.33. The number of fused-ring (bicyclic) bond motifs is 3. The van der Waals surface area contributed by atoms with Gasteiger partial charge in [-0.3, -0.25) is 4.79 Å². The van der Waals surface area contributed by atoms with E-state index in [2.05, 4.69) is 15.3 Å². The molecule has 0 fully saturated rings. The lowest BCUT2D eigenvalue weighted by Gasteiger charge is -2.02. The van der Waals surface area contributed by atoms with Crippen molar-refractivity contribution >= 4 is 22.8 Å². The molecule has 0 radical (unpaired) electrons. The van der Waals surface area contributed by atoms with Crippen molar-refractivity contribution in [2.45, 2.75) is 13.0 Å². The minimum Gasteiger partial charge on any atom is -0.469 e. The number of carbonyl (C=O) groups excluding carboxylic acids is 1. The molecule has 0 N–H and O–H groups in total. The first-order chi connectivity index (χ1) is 13.1.